The Morgan fingerprint density at radius 3 is 2.81 bits per heavy atom. The summed E-state index contributed by atoms with van der Waals surface area (Å²) in [7, 11) is 0. The standard InChI is InChI=1S/C16H22N2O3/c1-11-5-6-14(12(2)10-11)21-9-7-15(19)18-8-3-4-13(18)16(17)20/h5-6,10,13H,3-4,7-9H2,1-2H3,(H2,17,20)/t13-/m1/s1. The molecule has 2 amide bonds. The van der Waals surface area contributed by atoms with Crippen LogP contribution in [0.2, 0.25) is 0 Å². The van der Waals surface area contributed by atoms with Crippen LogP contribution in [0, 0.1) is 13.8 Å². The number of hydrogen-bond donors (Lipinski definition) is 1. The molecule has 0 aliphatic carbocycles. The second-order valence-electron chi connectivity index (χ2n) is 5.51. The van der Waals surface area contributed by atoms with Gasteiger partial charge >= 0.3 is 0 Å². The van der Waals surface area contributed by atoms with Crippen LogP contribution in [-0.2, 0) is 9.59 Å². The summed E-state index contributed by atoms with van der Waals surface area (Å²) in [6.45, 7) is 4.92. The minimum absolute atomic E-state index is 0.0685. The summed E-state index contributed by atoms with van der Waals surface area (Å²) in [5, 5.41) is 0. The number of nitrogens with zero attached hydrogens (tertiary/aromatic N) is 1. The van der Waals surface area contributed by atoms with Crippen molar-refractivity contribution in [2.45, 2.75) is 39.2 Å². The van der Waals surface area contributed by atoms with E-state index in [1.165, 1.54) is 5.56 Å². The fourth-order valence-electron chi connectivity index (χ4n) is 2.71. The molecule has 1 aromatic carbocycles. The molecule has 1 aliphatic rings. The van der Waals surface area contributed by atoms with Crippen LogP contribution in [0.25, 0.3) is 0 Å². The van der Waals surface area contributed by atoms with Crippen molar-refractivity contribution in [2.24, 2.45) is 5.73 Å². The van der Waals surface area contributed by atoms with Crippen molar-refractivity contribution in [1.82, 2.24) is 4.90 Å². The molecule has 0 unspecified atom stereocenters. The minimum Gasteiger partial charge on any atom is -0.493 e. The van der Waals surface area contributed by atoms with Crippen molar-refractivity contribution in [3.05, 3.63) is 29.3 Å². The number of carbonyl (C=O) groups excluding carboxylic acids is 2. The van der Waals surface area contributed by atoms with E-state index in [1.807, 2.05) is 32.0 Å². The van der Waals surface area contributed by atoms with Crippen molar-refractivity contribution in [1.29, 1.82) is 0 Å². The number of benzene rings is 1. The Balaban J connectivity index is 1.85. The zero-order chi connectivity index (χ0) is 15.4. The number of likely N-dealkylation sites (tertiary alicyclic amines) is 1. The van der Waals surface area contributed by atoms with E-state index in [1.54, 1.807) is 4.90 Å². The fraction of sp³-hybridized carbons (Fsp3) is 0.500. The molecule has 0 bridgehead atoms. The third-order valence-electron chi connectivity index (χ3n) is 3.81. The Morgan fingerprint density at radius 2 is 2.14 bits per heavy atom. The largest absolute Gasteiger partial charge is 0.493 e. The molecule has 2 N–H and O–H groups in total. The van der Waals surface area contributed by atoms with E-state index >= 15 is 0 Å². The Kier molecular flexibility index (Phi) is 4.83. The first-order valence-electron chi connectivity index (χ1n) is 7.28. The van der Waals surface area contributed by atoms with Crippen LogP contribution in [-0.4, -0.2) is 35.9 Å². The Bertz CT molecular complexity index is 542. The highest BCUT2D eigenvalue weighted by Crippen LogP contribution is 2.20. The lowest BCUT2D eigenvalue weighted by Gasteiger charge is -2.22. The molecule has 0 saturated carbocycles. The maximum atomic E-state index is 12.1. The lowest BCUT2D eigenvalue weighted by molar-refractivity contribution is -0.137. The molecule has 0 spiro atoms. The van der Waals surface area contributed by atoms with E-state index in [0.717, 1.165) is 17.7 Å². The Hall–Kier alpha value is -2.04. The maximum absolute atomic E-state index is 12.1. The van der Waals surface area contributed by atoms with Gasteiger partial charge in [-0.2, -0.15) is 0 Å². The van der Waals surface area contributed by atoms with Crippen molar-refractivity contribution in [3.8, 4) is 5.75 Å². The molecule has 1 aliphatic heterocycles. The summed E-state index contributed by atoms with van der Waals surface area (Å²) in [6, 6.07) is 5.49. The normalized spacial score (nSPS) is 17.8. The summed E-state index contributed by atoms with van der Waals surface area (Å²) in [5.74, 6) is 0.304. The number of carbonyl (C=O) groups is 2. The molecule has 0 aromatic heterocycles. The van der Waals surface area contributed by atoms with Crippen molar-refractivity contribution in [2.75, 3.05) is 13.2 Å². The van der Waals surface area contributed by atoms with Crippen molar-refractivity contribution >= 4 is 11.8 Å². The number of rotatable bonds is 5. The van der Waals surface area contributed by atoms with Crippen LogP contribution in [0.3, 0.4) is 0 Å². The predicted molar refractivity (Wildman–Crippen MR) is 80.0 cm³/mol. The van der Waals surface area contributed by atoms with E-state index in [9.17, 15) is 9.59 Å². The second kappa shape index (κ2) is 6.61. The fourth-order valence-corrected chi connectivity index (χ4v) is 2.71. The molecule has 5 heteroatoms. The van der Waals surface area contributed by atoms with Crippen LogP contribution in [0.15, 0.2) is 18.2 Å². The lowest BCUT2D eigenvalue weighted by Crippen LogP contribution is -2.44. The van der Waals surface area contributed by atoms with E-state index in [-0.39, 0.29) is 12.3 Å². The molecule has 1 heterocycles. The highest BCUT2D eigenvalue weighted by atomic mass is 16.5. The first kappa shape index (κ1) is 15.4. The quantitative estimate of drug-likeness (QED) is 0.894. The van der Waals surface area contributed by atoms with Crippen LogP contribution in [0.1, 0.15) is 30.4 Å². The number of ether oxygens (including phenoxy) is 1. The van der Waals surface area contributed by atoms with Gasteiger partial charge in [0.1, 0.15) is 11.8 Å². The molecule has 114 valence electrons. The van der Waals surface area contributed by atoms with Gasteiger partial charge in [-0.05, 0) is 38.3 Å². The number of aryl methyl sites for hydroxylation is 2. The van der Waals surface area contributed by atoms with E-state index in [0.29, 0.717) is 19.6 Å². The predicted octanol–water partition coefficient (Wildman–Crippen LogP) is 1.55. The topological polar surface area (TPSA) is 72.6 Å². The van der Waals surface area contributed by atoms with E-state index in [2.05, 4.69) is 0 Å². The lowest BCUT2D eigenvalue weighted by atomic mass is 10.1. The molecule has 21 heavy (non-hydrogen) atoms. The second-order valence-corrected chi connectivity index (χ2v) is 5.51. The molecule has 1 saturated heterocycles. The average Bonchev–Trinajstić information content (AvgIpc) is 2.90. The smallest absolute Gasteiger partial charge is 0.240 e. The first-order chi connectivity index (χ1) is 9.99. The van der Waals surface area contributed by atoms with Crippen LogP contribution in [0.4, 0.5) is 0 Å². The van der Waals surface area contributed by atoms with Crippen LogP contribution in [0.5, 0.6) is 5.75 Å². The van der Waals surface area contributed by atoms with Gasteiger partial charge in [-0.15, -0.1) is 0 Å². The summed E-state index contributed by atoms with van der Waals surface area (Å²) < 4.78 is 5.65. The average molecular weight is 290 g/mol. The van der Waals surface area contributed by atoms with Gasteiger partial charge < -0.3 is 15.4 Å². The van der Waals surface area contributed by atoms with E-state index < -0.39 is 11.9 Å². The SMILES string of the molecule is Cc1ccc(OCCC(=O)N2CCC[C@@H]2C(N)=O)c(C)c1. The third kappa shape index (κ3) is 3.74. The van der Waals surface area contributed by atoms with Gasteiger partial charge in [-0.3, -0.25) is 9.59 Å². The molecular formula is C16H22N2O3. The summed E-state index contributed by atoms with van der Waals surface area (Å²) >= 11 is 0. The van der Waals surface area contributed by atoms with Gasteiger partial charge in [0.15, 0.2) is 0 Å². The number of hydrogen-bond acceptors (Lipinski definition) is 3. The Morgan fingerprint density at radius 1 is 1.38 bits per heavy atom. The maximum Gasteiger partial charge on any atom is 0.240 e. The van der Waals surface area contributed by atoms with Gasteiger partial charge in [0, 0.05) is 6.54 Å². The number of primary amides is 1. The molecule has 0 radical (unpaired) electrons. The molecule has 1 fully saturated rings. The minimum atomic E-state index is -0.446. The third-order valence-corrected chi connectivity index (χ3v) is 3.81. The summed E-state index contributed by atoms with van der Waals surface area (Å²) in [4.78, 5) is 25.0. The Labute approximate surface area is 125 Å². The molecule has 5 nitrogen and oxygen atoms in total. The van der Waals surface area contributed by atoms with Crippen LogP contribution >= 0.6 is 0 Å². The zero-order valence-corrected chi connectivity index (χ0v) is 12.6. The van der Waals surface area contributed by atoms with E-state index in [4.69, 9.17) is 10.5 Å². The summed E-state index contributed by atoms with van der Waals surface area (Å²) in [5.41, 5.74) is 7.55. The zero-order valence-electron chi connectivity index (χ0n) is 12.6. The van der Waals surface area contributed by atoms with Gasteiger partial charge in [0.05, 0.1) is 13.0 Å². The van der Waals surface area contributed by atoms with Crippen LogP contribution < -0.4 is 10.5 Å². The van der Waals surface area contributed by atoms with Gasteiger partial charge in [-0.1, -0.05) is 17.7 Å². The number of nitrogens with two attached hydrogens (primary N) is 1. The van der Waals surface area contributed by atoms with Crippen molar-refractivity contribution in [3.63, 3.8) is 0 Å². The summed E-state index contributed by atoms with van der Waals surface area (Å²) in [6.07, 6.45) is 1.76. The molecule has 1 aromatic rings. The number of amides is 2. The monoisotopic (exact) mass is 290 g/mol. The van der Waals surface area contributed by atoms with Crippen molar-refractivity contribution < 1.29 is 14.3 Å². The first-order valence-corrected chi connectivity index (χ1v) is 7.28. The molecule has 2 rings (SSSR count). The highest BCUT2D eigenvalue weighted by molar-refractivity contribution is 5.87. The molecular weight excluding hydrogens is 268 g/mol. The molecule has 1 atom stereocenters. The van der Waals surface area contributed by atoms with Gasteiger partial charge in [0.2, 0.25) is 11.8 Å². The van der Waals surface area contributed by atoms with Gasteiger partial charge in [-0.25, -0.2) is 0 Å². The highest BCUT2D eigenvalue weighted by Gasteiger charge is 2.32. The van der Waals surface area contributed by atoms with Gasteiger partial charge in [0.25, 0.3) is 0 Å².